The lowest BCUT2D eigenvalue weighted by Crippen LogP contribution is -2.37. The van der Waals surface area contributed by atoms with Crippen molar-refractivity contribution in [3.05, 3.63) is 18.2 Å². The molecule has 3 nitrogen and oxygen atoms in total. The molecule has 3 heteroatoms. The summed E-state index contributed by atoms with van der Waals surface area (Å²) in [5, 5.41) is 9.04. The largest absolute Gasteiger partial charge is 0.392 e. The van der Waals surface area contributed by atoms with Gasteiger partial charge in [-0.05, 0) is 6.42 Å². The molecule has 26 heavy (non-hydrogen) atoms. The number of rotatable bonds is 19. The molecule has 0 saturated heterocycles. The Balaban J connectivity index is 1.78. The zero-order chi connectivity index (χ0) is 18.7. The predicted octanol–water partition coefficient (Wildman–Crippen LogP) is 6.10. The maximum Gasteiger partial charge on any atom is 0.254 e. The van der Waals surface area contributed by atoms with Crippen molar-refractivity contribution in [3.63, 3.8) is 0 Å². The number of aryl methyl sites for hydroxylation is 1. The number of H-pyrrole nitrogens is 1. The number of hydrogen-bond donors (Lipinski definition) is 2. The van der Waals surface area contributed by atoms with Crippen LogP contribution < -0.4 is 4.57 Å². The lowest BCUT2D eigenvalue weighted by atomic mass is 10.0. The van der Waals surface area contributed by atoms with Crippen molar-refractivity contribution in [1.82, 2.24) is 4.98 Å². The third-order valence-corrected chi connectivity index (χ3v) is 5.46. The lowest BCUT2D eigenvalue weighted by molar-refractivity contribution is -0.704. The normalized spacial score (nSPS) is 11.3. The molecule has 0 aromatic carbocycles. The van der Waals surface area contributed by atoms with Gasteiger partial charge < -0.3 is 5.11 Å². The van der Waals surface area contributed by atoms with Gasteiger partial charge in [0.05, 0.1) is 6.61 Å². The number of nitrogens with one attached hydrogen (secondary N) is 1. The number of imidazole rings is 1. The minimum absolute atomic E-state index is 0.217. The standard InChI is InChI=1S/C23H44N2O/c1-2-3-4-5-6-7-8-9-10-11-12-13-14-15-16-17-18-23-24-19-20-25(23)21-22-26/h19-20,26H,2-18,21-22H2,1H3/p+1. The fourth-order valence-electron chi connectivity index (χ4n) is 3.77. The summed E-state index contributed by atoms with van der Waals surface area (Å²) in [7, 11) is 0. The molecule has 0 radical (unpaired) electrons. The summed E-state index contributed by atoms with van der Waals surface area (Å²) in [6, 6.07) is 0. The van der Waals surface area contributed by atoms with Crippen LogP contribution >= 0.6 is 0 Å². The summed E-state index contributed by atoms with van der Waals surface area (Å²) in [4.78, 5) is 3.29. The van der Waals surface area contributed by atoms with Crippen LogP contribution in [0.4, 0.5) is 0 Å². The van der Waals surface area contributed by atoms with E-state index < -0.39 is 0 Å². The highest BCUT2D eigenvalue weighted by molar-refractivity contribution is 4.77. The van der Waals surface area contributed by atoms with Gasteiger partial charge in [-0.25, -0.2) is 9.55 Å². The molecular formula is C23H45N2O+. The van der Waals surface area contributed by atoms with Gasteiger partial charge in [-0.1, -0.05) is 103 Å². The van der Waals surface area contributed by atoms with Crippen LogP contribution in [0.2, 0.25) is 0 Å². The third-order valence-electron chi connectivity index (χ3n) is 5.46. The van der Waals surface area contributed by atoms with E-state index in [1.807, 2.05) is 12.4 Å². The number of aromatic nitrogens is 2. The van der Waals surface area contributed by atoms with Crippen molar-refractivity contribution in [2.75, 3.05) is 6.61 Å². The highest BCUT2D eigenvalue weighted by Crippen LogP contribution is 2.14. The molecule has 0 aliphatic carbocycles. The molecule has 0 fully saturated rings. The van der Waals surface area contributed by atoms with Crippen LogP contribution in [0.25, 0.3) is 0 Å². The van der Waals surface area contributed by atoms with E-state index in [-0.39, 0.29) is 6.61 Å². The van der Waals surface area contributed by atoms with Gasteiger partial charge >= 0.3 is 0 Å². The number of aromatic amines is 1. The molecule has 0 atom stereocenters. The Morgan fingerprint density at radius 1 is 0.731 bits per heavy atom. The van der Waals surface area contributed by atoms with Crippen LogP contribution in [-0.4, -0.2) is 16.7 Å². The van der Waals surface area contributed by atoms with Gasteiger partial charge in [0.15, 0.2) is 0 Å². The molecule has 1 aromatic rings. The Hall–Kier alpha value is -0.830. The fourth-order valence-corrected chi connectivity index (χ4v) is 3.77. The van der Waals surface area contributed by atoms with Gasteiger partial charge in [-0.3, -0.25) is 0 Å². The highest BCUT2D eigenvalue weighted by Gasteiger charge is 2.08. The van der Waals surface area contributed by atoms with Crippen LogP contribution in [0.15, 0.2) is 12.4 Å². The van der Waals surface area contributed by atoms with Crippen LogP contribution in [0.1, 0.15) is 115 Å². The van der Waals surface area contributed by atoms with Crippen molar-refractivity contribution in [1.29, 1.82) is 0 Å². The van der Waals surface area contributed by atoms with Crippen molar-refractivity contribution in [3.8, 4) is 0 Å². The van der Waals surface area contributed by atoms with Gasteiger partial charge in [0.25, 0.3) is 5.82 Å². The molecule has 0 spiro atoms. The minimum atomic E-state index is 0.217. The Kier molecular flexibility index (Phi) is 15.7. The highest BCUT2D eigenvalue weighted by atomic mass is 16.3. The van der Waals surface area contributed by atoms with Crippen LogP contribution in [-0.2, 0) is 13.0 Å². The van der Waals surface area contributed by atoms with Crippen LogP contribution in [0.3, 0.4) is 0 Å². The van der Waals surface area contributed by atoms with Crippen molar-refractivity contribution in [2.45, 2.75) is 123 Å². The fraction of sp³-hybridized carbons (Fsp3) is 0.870. The third kappa shape index (κ3) is 12.5. The molecule has 0 unspecified atom stereocenters. The maximum absolute atomic E-state index is 9.04. The van der Waals surface area contributed by atoms with Crippen molar-refractivity contribution < 1.29 is 9.67 Å². The van der Waals surface area contributed by atoms with Crippen LogP contribution in [0.5, 0.6) is 0 Å². The number of aliphatic hydroxyl groups excluding tert-OH is 1. The molecule has 1 heterocycles. The molecule has 0 aliphatic heterocycles. The van der Waals surface area contributed by atoms with Gasteiger partial charge in [-0.15, -0.1) is 0 Å². The molecule has 0 aliphatic rings. The topological polar surface area (TPSA) is 39.9 Å². The summed E-state index contributed by atoms with van der Waals surface area (Å²) in [6.45, 7) is 3.21. The molecular weight excluding hydrogens is 320 g/mol. The first-order chi connectivity index (χ1) is 12.9. The zero-order valence-electron chi connectivity index (χ0n) is 17.5. The second-order valence-corrected chi connectivity index (χ2v) is 7.88. The zero-order valence-corrected chi connectivity index (χ0v) is 17.5. The van der Waals surface area contributed by atoms with Gasteiger partial charge in [0.1, 0.15) is 18.9 Å². The summed E-state index contributed by atoms with van der Waals surface area (Å²) < 4.78 is 2.13. The predicted molar refractivity (Wildman–Crippen MR) is 111 cm³/mol. The lowest BCUT2D eigenvalue weighted by Gasteiger charge is -2.03. The second-order valence-electron chi connectivity index (χ2n) is 7.88. The smallest absolute Gasteiger partial charge is 0.254 e. The Labute approximate surface area is 162 Å². The SMILES string of the molecule is CCCCCCCCCCCCCCCCCCc1[nH]cc[n+]1CCO. The van der Waals surface area contributed by atoms with E-state index in [1.165, 1.54) is 109 Å². The molecule has 2 N–H and O–H groups in total. The Morgan fingerprint density at radius 3 is 1.65 bits per heavy atom. The molecule has 0 amide bonds. The number of aliphatic hydroxyl groups is 1. The minimum Gasteiger partial charge on any atom is -0.392 e. The van der Waals surface area contributed by atoms with Gasteiger partial charge in [0, 0.05) is 6.42 Å². The van der Waals surface area contributed by atoms with E-state index in [2.05, 4.69) is 16.5 Å². The first-order valence-corrected chi connectivity index (χ1v) is 11.5. The second kappa shape index (κ2) is 17.6. The Bertz CT molecular complexity index is 403. The quantitative estimate of drug-likeness (QED) is 0.226. The number of unbranched alkanes of at least 4 members (excludes halogenated alkanes) is 15. The summed E-state index contributed by atoms with van der Waals surface area (Å²) in [5.74, 6) is 1.25. The van der Waals surface area contributed by atoms with E-state index in [9.17, 15) is 0 Å². The van der Waals surface area contributed by atoms with E-state index >= 15 is 0 Å². The Morgan fingerprint density at radius 2 is 1.19 bits per heavy atom. The summed E-state index contributed by atoms with van der Waals surface area (Å²) >= 11 is 0. The first kappa shape index (κ1) is 23.2. The number of nitrogens with zero attached hydrogens (tertiary/aromatic N) is 1. The average Bonchev–Trinajstić information content (AvgIpc) is 3.09. The number of hydrogen-bond acceptors (Lipinski definition) is 1. The van der Waals surface area contributed by atoms with Crippen molar-refractivity contribution in [2.24, 2.45) is 0 Å². The molecule has 0 saturated carbocycles. The summed E-state index contributed by atoms with van der Waals surface area (Å²) in [6.07, 6.45) is 27.7. The van der Waals surface area contributed by atoms with E-state index in [0.29, 0.717) is 6.54 Å². The van der Waals surface area contributed by atoms with Crippen molar-refractivity contribution >= 4 is 0 Å². The van der Waals surface area contributed by atoms with Gasteiger partial charge in [-0.2, -0.15) is 0 Å². The van der Waals surface area contributed by atoms with E-state index in [1.54, 1.807) is 0 Å². The van der Waals surface area contributed by atoms with E-state index in [0.717, 1.165) is 6.42 Å². The molecule has 1 rings (SSSR count). The summed E-state index contributed by atoms with van der Waals surface area (Å²) in [5.41, 5.74) is 0. The molecule has 1 aromatic heterocycles. The molecule has 0 bridgehead atoms. The first-order valence-electron chi connectivity index (χ1n) is 11.5. The van der Waals surface area contributed by atoms with Gasteiger partial charge in [0.2, 0.25) is 0 Å². The van der Waals surface area contributed by atoms with Crippen LogP contribution in [0, 0.1) is 0 Å². The monoisotopic (exact) mass is 365 g/mol. The average molecular weight is 366 g/mol. The molecule has 152 valence electrons. The van der Waals surface area contributed by atoms with E-state index in [4.69, 9.17) is 5.11 Å². The maximum atomic E-state index is 9.04.